The lowest BCUT2D eigenvalue weighted by Gasteiger charge is -2.03. The molecule has 0 bridgehead atoms. The molecule has 0 spiro atoms. The fourth-order valence-corrected chi connectivity index (χ4v) is 2.12. The first kappa shape index (κ1) is 13.5. The third-order valence-electron chi connectivity index (χ3n) is 3.27. The minimum absolute atomic E-state index is 0.744. The summed E-state index contributed by atoms with van der Waals surface area (Å²) in [6, 6.07) is 16.3. The third-order valence-corrected chi connectivity index (χ3v) is 3.27. The Morgan fingerprint density at radius 2 is 1.86 bits per heavy atom. The Hall–Kier alpha value is -2.46. The van der Waals surface area contributed by atoms with E-state index in [0.717, 1.165) is 30.2 Å². The number of nitrogens with one attached hydrogen (secondary N) is 1. The van der Waals surface area contributed by atoms with E-state index in [9.17, 15) is 0 Å². The lowest BCUT2D eigenvalue weighted by atomic mass is 10.2. The van der Waals surface area contributed by atoms with Crippen molar-refractivity contribution < 1.29 is 0 Å². The summed E-state index contributed by atoms with van der Waals surface area (Å²) in [6.07, 6.45) is 3.89. The van der Waals surface area contributed by atoms with Crippen LogP contribution in [0.3, 0.4) is 0 Å². The maximum Gasteiger partial charge on any atom is 0.0766 e. The van der Waals surface area contributed by atoms with E-state index in [1.54, 1.807) is 0 Å². The molecule has 2 heterocycles. The maximum atomic E-state index is 4.56. The van der Waals surface area contributed by atoms with Crippen molar-refractivity contribution in [3.05, 3.63) is 77.9 Å². The molecule has 0 saturated heterocycles. The first-order valence-electron chi connectivity index (χ1n) is 7.03. The highest BCUT2D eigenvalue weighted by atomic mass is 15.3. The van der Waals surface area contributed by atoms with Gasteiger partial charge in [0.2, 0.25) is 0 Å². The second kappa shape index (κ2) is 6.33. The fraction of sp³-hybridized carbons (Fsp3) is 0.176. The number of pyridine rings is 1. The number of rotatable bonds is 5. The molecule has 0 aliphatic rings. The van der Waals surface area contributed by atoms with Crippen LogP contribution in [0, 0.1) is 6.92 Å². The van der Waals surface area contributed by atoms with E-state index in [1.807, 2.05) is 66.5 Å². The molecule has 21 heavy (non-hydrogen) atoms. The zero-order valence-corrected chi connectivity index (χ0v) is 12.0. The standard InChI is InChI=1S/C17H18N4/c1-14-7-8-15(12-19-14)11-18-13-16-9-10-21(20-16)17-5-3-2-4-6-17/h2-10,12,18H,11,13H2,1H3. The highest BCUT2D eigenvalue weighted by molar-refractivity contribution is 5.30. The summed E-state index contributed by atoms with van der Waals surface area (Å²) in [4.78, 5) is 4.29. The van der Waals surface area contributed by atoms with Gasteiger partial charge in [-0.2, -0.15) is 5.10 Å². The number of hydrogen-bond donors (Lipinski definition) is 1. The molecule has 0 radical (unpaired) electrons. The topological polar surface area (TPSA) is 42.7 Å². The largest absolute Gasteiger partial charge is 0.307 e. The number of aryl methyl sites for hydroxylation is 1. The molecule has 1 N–H and O–H groups in total. The Morgan fingerprint density at radius 3 is 2.62 bits per heavy atom. The highest BCUT2D eigenvalue weighted by Gasteiger charge is 2.01. The molecule has 4 heteroatoms. The van der Waals surface area contributed by atoms with Gasteiger partial charge in [-0.1, -0.05) is 24.3 Å². The molecular weight excluding hydrogens is 260 g/mol. The minimum atomic E-state index is 0.744. The van der Waals surface area contributed by atoms with E-state index in [4.69, 9.17) is 0 Å². The van der Waals surface area contributed by atoms with Gasteiger partial charge in [0, 0.05) is 31.2 Å². The summed E-state index contributed by atoms with van der Waals surface area (Å²) in [5.41, 5.74) is 4.33. The van der Waals surface area contributed by atoms with Gasteiger partial charge in [0.1, 0.15) is 0 Å². The van der Waals surface area contributed by atoms with E-state index in [2.05, 4.69) is 21.5 Å². The second-order valence-electron chi connectivity index (χ2n) is 5.00. The molecule has 0 unspecified atom stereocenters. The first-order valence-corrected chi connectivity index (χ1v) is 7.03. The summed E-state index contributed by atoms with van der Waals surface area (Å²) in [6.45, 7) is 3.53. The minimum Gasteiger partial charge on any atom is -0.307 e. The summed E-state index contributed by atoms with van der Waals surface area (Å²) in [5, 5.41) is 7.95. The smallest absolute Gasteiger partial charge is 0.0766 e. The fourth-order valence-electron chi connectivity index (χ4n) is 2.12. The van der Waals surface area contributed by atoms with Crippen molar-refractivity contribution in [1.29, 1.82) is 0 Å². The van der Waals surface area contributed by atoms with Gasteiger partial charge >= 0.3 is 0 Å². The lowest BCUT2D eigenvalue weighted by molar-refractivity contribution is 0.667. The third kappa shape index (κ3) is 3.55. The number of para-hydroxylation sites is 1. The lowest BCUT2D eigenvalue weighted by Crippen LogP contribution is -2.13. The Kier molecular flexibility index (Phi) is 4.07. The summed E-state index contributed by atoms with van der Waals surface area (Å²) in [7, 11) is 0. The van der Waals surface area contributed by atoms with E-state index >= 15 is 0 Å². The average molecular weight is 278 g/mol. The van der Waals surface area contributed by atoms with Crippen LogP contribution < -0.4 is 5.32 Å². The molecule has 4 nitrogen and oxygen atoms in total. The van der Waals surface area contributed by atoms with Crippen LogP contribution in [0.4, 0.5) is 0 Å². The van der Waals surface area contributed by atoms with E-state index in [-0.39, 0.29) is 0 Å². The van der Waals surface area contributed by atoms with Crippen LogP contribution >= 0.6 is 0 Å². The normalized spacial score (nSPS) is 10.7. The van der Waals surface area contributed by atoms with E-state index in [0.29, 0.717) is 0 Å². The van der Waals surface area contributed by atoms with Crippen LogP contribution in [-0.4, -0.2) is 14.8 Å². The molecule has 3 aromatic rings. The molecule has 2 aromatic heterocycles. The zero-order chi connectivity index (χ0) is 14.5. The van der Waals surface area contributed by atoms with E-state index in [1.165, 1.54) is 5.56 Å². The SMILES string of the molecule is Cc1ccc(CNCc2ccn(-c3ccccc3)n2)cn1. The van der Waals surface area contributed by atoms with Gasteiger partial charge in [0.15, 0.2) is 0 Å². The molecule has 0 aliphatic carbocycles. The van der Waals surface area contributed by atoms with Gasteiger partial charge in [-0.05, 0) is 36.8 Å². The molecule has 106 valence electrons. The monoisotopic (exact) mass is 278 g/mol. The Balaban J connectivity index is 1.57. The molecule has 0 atom stereocenters. The van der Waals surface area contributed by atoms with Crippen molar-refractivity contribution in [3.63, 3.8) is 0 Å². The quantitative estimate of drug-likeness (QED) is 0.780. The Bertz CT molecular complexity index is 686. The van der Waals surface area contributed by atoms with Crippen molar-refractivity contribution in [1.82, 2.24) is 20.1 Å². The highest BCUT2D eigenvalue weighted by Crippen LogP contribution is 2.07. The van der Waals surface area contributed by atoms with E-state index < -0.39 is 0 Å². The number of benzene rings is 1. The molecule has 3 rings (SSSR count). The van der Waals surface area contributed by atoms with Gasteiger partial charge in [0.25, 0.3) is 0 Å². The average Bonchev–Trinajstić information content (AvgIpc) is 2.99. The van der Waals surface area contributed by atoms with Crippen LogP contribution in [0.15, 0.2) is 60.9 Å². The molecule has 0 saturated carbocycles. The van der Waals surface area contributed by atoms with Gasteiger partial charge in [0.05, 0.1) is 11.4 Å². The van der Waals surface area contributed by atoms with Gasteiger partial charge < -0.3 is 5.32 Å². The van der Waals surface area contributed by atoms with Crippen LogP contribution in [0.2, 0.25) is 0 Å². The molecule has 1 aromatic carbocycles. The molecule has 0 fully saturated rings. The maximum absolute atomic E-state index is 4.56. The molecule has 0 amide bonds. The zero-order valence-electron chi connectivity index (χ0n) is 12.0. The van der Waals surface area contributed by atoms with Crippen molar-refractivity contribution >= 4 is 0 Å². The van der Waals surface area contributed by atoms with Crippen LogP contribution in [-0.2, 0) is 13.1 Å². The van der Waals surface area contributed by atoms with Gasteiger partial charge in [-0.25, -0.2) is 4.68 Å². The van der Waals surface area contributed by atoms with Crippen LogP contribution in [0.25, 0.3) is 5.69 Å². The molecule has 0 aliphatic heterocycles. The van der Waals surface area contributed by atoms with Gasteiger partial charge in [-0.3, -0.25) is 4.98 Å². The summed E-state index contributed by atoms with van der Waals surface area (Å²) >= 11 is 0. The number of hydrogen-bond acceptors (Lipinski definition) is 3. The predicted octanol–water partition coefficient (Wildman–Crippen LogP) is 2.87. The first-order chi connectivity index (χ1) is 10.3. The van der Waals surface area contributed by atoms with Gasteiger partial charge in [-0.15, -0.1) is 0 Å². The molecular formula is C17H18N4. The Morgan fingerprint density at radius 1 is 1.00 bits per heavy atom. The van der Waals surface area contributed by atoms with Crippen LogP contribution in [0.1, 0.15) is 17.0 Å². The summed E-state index contributed by atoms with van der Waals surface area (Å²) in [5.74, 6) is 0. The van der Waals surface area contributed by atoms with Crippen molar-refractivity contribution in [2.45, 2.75) is 20.0 Å². The second-order valence-corrected chi connectivity index (χ2v) is 5.00. The summed E-state index contributed by atoms with van der Waals surface area (Å²) < 4.78 is 1.89. The van der Waals surface area contributed by atoms with Crippen molar-refractivity contribution in [2.24, 2.45) is 0 Å². The number of nitrogens with zero attached hydrogens (tertiary/aromatic N) is 3. The van der Waals surface area contributed by atoms with Crippen LogP contribution in [0.5, 0.6) is 0 Å². The Labute approximate surface area is 124 Å². The van der Waals surface area contributed by atoms with Crippen molar-refractivity contribution in [3.8, 4) is 5.69 Å². The number of aromatic nitrogens is 3. The predicted molar refractivity (Wildman–Crippen MR) is 83.1 cm³/mol. The van der Waals surface area contributed by atoms with Crippen molar-refractivity contribution in [2.75, 3.05) is 0 Å².